The molecule has 0 radical (unpaired) electrons. The molecule has 0 unspecified atom stereocenters. The first-order chi connectivity index (χ1) is 9.45. The summed E-state index contributed by atoms with van der Waals surface area (Å²) < 4.78 is 0. The van der Waals surface area contributed by atoms with Crippen LogP contribution < -0.4 is 10.6 Å². The maximum Gasteiger partial charge on any atom is 0.269 e. The summed E-state index contributed by atoms with van der Waals surface area (Å²) in [6.07, 6.45) is 1.67. The fourth-order valence-corrected chi connectivity index (χ4v) is 2.39. The molecular weight excluding hydrogens is 250 g/mol. The Morgan fingerprint density at radius 2 is 1.90 bits per heavy atom. The normalized spacial score (nSPS) is 11.2. The molecule has 4 heteroatoms. The summed E-state index contributed by atoms with van der Waals surface area (Å²) in [7, 11) is 0. The first-order valence-corrected chi connectivity index (χ1v) is 7.43. The van der Waals surface area contributed by atoms with Gasteiger partial charge in [0.2, 0.25) is 0 Å². The van der Waals surface area contributed by atoms with Crippen molar-refractivity contribution in [3.63, 3.8) is 0 Å². The largest absolute Gasteiger partial charge is 0.385 e. The molecule has 1 heterocycles. The number of rotatable bonds is 7. The molecule has 0 aromatic carbocycles. The first-order valence-electron chi connectivity index (χ1n) is 7.43. The highest BCUT2D eigenvalue weighted by molar-refractivity contribution is 5.93. The standard InChI is InChI=1S/C16H27N3O/c1-6-17-16(20)15-9-13(7-8-18-15)19-10-14(11(2)3)12(4)5/h7-9,11-12,14H,6,10H2,1-5H3,(H,17,20)(H,18,19). The van der Waals surface area contributed by atoms with Gasteiger partial charge in [-0.15, -0.1) is 0 Å². The minimum Gasteiger partial charge on any atom is -0.385 e. The predicted molar refractivity (Wildman–Crippen MR) is 83.9 cm³/mol. The number of hydrogen-bond acceptors (Lipinski definition) is 3. The maximum absolute atomic E-state index is 11.8. The Bertz CT molecular complexity index is 421. The number of anilines is 1. The van der Waals surface area contributed by atoms with E-state index < -0.39 is 0 Å². The number of carbonyl (C=O) groups excluding carboxylic acids is 1. The van der Waals surface area contributed by atoms with Crippen LogP contribution in [0.5, 0.6) is 0 Å². The third-order valence-electron chi connectivity index (χ3n) is 3.58. The van der Waals surface area contributed by atoms with Crippen LogP contribution in [0.4, 0.5) is 5.69 Å². The predicted octanol–water partition coefficient (Wildman–Crippen LogP) is 3.17. The van der Waals surface area contributed by atoms with Gasteiger partial charge in [-0.3, -0.25) is 9.78 Å². The summed E-state index contributed by atoms with van der Waals surface area (Å²) in [5.74, 6) is 1.75. The molecule has 1 aromatic rings. The van der Waals surface area contributed by atoms with E-state index in [0.717, 1.165) is 12.2 Å². The fourth-order valence-electron chi connectivity index (χ4n) is 2.39. The molecule has 0 saturated heterocycles. The van der Waals surface area contributed by atoms with Crippen LogP contribution in [0.1, 0.15) is 45.1 Å². The Labute approximate surface area is 122 Å². The van der Waals surface area contributed by atoms with Crippen molar-refractivity contribution in [1.29, 1.82) is 0 Å². The third-order valence-corrected chi connectivity index (χ3v) is 3.58. The third kappa shape index (κ3) is 4.83. The van der Waals surface area contributed by atoms with Crippen molar-refractivity contribution in [3.8, 4) is 0 Å². The highest BCUT2D eigenvalue weighted by atomic mass is 16.1. The molecule has 0 aliphatic heterocycles. The number of aromatic nitrogens is 1. The molecule has 2 N–H and O–H groups in total. The van der Waals surface area contributed by atoms with E-state index in [4.69, 9.17) is 0 Å². The Morgan fingerprint density at radius 3 is 2.45 bits per heavy atom. The van der Waals surface area contributed by atoms with E-state index in [9.17, 15) is 4.79 Å². The van der Waals surface area contributed by atoms with E-state index >= 15 is 0 Å². The molecule has 1 aromatic heterocycles. The van der Waals surface area contributed by atoms with Crippen LogP contribution in [0.25, 0.3) is 0 Å². The fraction of sp³-hybridized carbons (Fsp3) is 0.625. The first kappa shape index (κ1) is 16.5. The van der Waals surface area contributed by atoms with E-state index in [1.165, 1.54) is 0 Å². The van der Waals surface area contributed by atoms with E-state index in [1.54, 1.807) is 6.20 Å². The Morgan fingerprint density at radius 1 is 1.25 bits per heavy atom. The van der Waals surface area contributed by atoms with Crippen LogP contribution in [0.2, 0.25) is 0 Å². The lowest BCUT2D eigenvalue weighted by Crippen LogP contribution is -2.25. The van der Waals surface area contributed by atoms with Gasteiger partial charge in [-0.05, 0) is 36.8 Å². The number of amides is 1. The summed E-state index contributed by atoms with van der Waals surface area (Å²) in [5, 5.41) is 6.19. The van der Waals surface area contributed by atoms with Crippen LogP contribution in [-0.4, -0.2) is 24.0 Å². The molecule has 0 aliphatic carbocycles. The minimum absolute atomic E-state index is 0.125. The summed E-state index contributed by atoms with van der Waals surface area (Å²) in [5.41, 5.74) is 1.41. The van der Waals surface area contributed by atoms with E-state index in [1.807, 2.05) is 19.1 Å². The van der Waals surface area contributed by atoms with Gasteiger partial charge in [-0.25, -0.2) is 0 Å². The average molecular weight is 277 g/mol. The SMILES string of the molecule is CCNC(=O)c1cc(NCC(C(C)C)C(C)C)ccn1. The van der Waals surface area contributed by atoms with Gasteiger partial charge in [0.25, 0.3) is 5.91 Å². The quantitative estimate of drug-likeness (QED) is 0.805. The molecule has 0 spiro atoms. The summed E-state index contributed by atoms with van der Waals surface area (Å²) in [6, 6.07) is 3.71. The lowest BCUT2D eigenvalue weighted by atomic mass is 9.85. The Hall–Kier alpha value is -1.58. The number of nitrogens with one attached hydrogen (secondary N) is 2. The summed E-state index contributed by atoms with van der Waals surface area (Å²) >= 11 is 0. The van der Waals surface area contributed by atoms with Crippen LogP contribution in [0.3, 0.4) is 0 Å². The smallest absolute Gasteiger partial charge is 0.269 e. The van der Waals surface area contributed by atoms with Gasteiger partial charge in [0, 0.05) is 25.0 Å². The number of hydrogen-bond donors (Lipinski definition) is 2. The molecule has 112 valence electrons. The monoisotopic (exact) mass is 277 g/mol. The van der Waals surface area contributed by atoms with Crippen molar-refractivity contribution in [2.45, 2.75) is 34.6 Å². The van der Waals surface area contributed by atoms with Crippen molar-refractivity contribution in [1.82, 2.24) is 10.3 Å². The van der Waals surface area contributed by atoms with Crippen molar-refractivity contribution in [2.75, 3.05) is 18.4 Å². The zero-order valence-electron chi connectivity index (χ0n) is 13.2. The average Bonchev–Trinajstić information content (AvgIpc) is 2.38. The van der Waals surface area contributed by atoms with Crippen LogP contribution >= 0.6 is 0 Å². The van der Waals surface area contributed by atoms with Crippen LogP contribution in [-0.2, 0) is 0 Å². The highest BCUT2D eigenvalue weighted by Crippen LogP contribution is 2.21. The van der Waals surface area contributed by atoms with E-state index in [-0.39, 0.29) is 5.91 Å². The second kappa shape index (κ2) is 7.88. The second-order valence-corrected chi connectivity index (χ2v) is 5.82. The maximum atomic E-state index is 11.8. The van der Waals surface area contributed by atoms with Gasteiger partial charge >= 0.3 is 0 Å². The molecule has 20 heavy (non-hydrogen) atoms. The molecular formula is C16H27N3O. The van der Waals surface area contributed by atoms with Gasteiger partial charge in [0.15, 0.2) is 0 Å². The minimum atomic E-state index is -0.125. The van der Waals surface area contributed by atoms with Gasteiger partial charge in [-0.2, -0.15) is 0 Å². The molecule has 0 saturated carbocycles. The Balaban J connectivity index is 2.69. The zero-order valence-corrected chi connectivity index (χ0v) is 13.2. The van der Waals surface area contributed by atoms with Crippen molar-refractivity contribution in [3.05, 3.63) is 24.0 Å². The molecule has 0 aliphatic rings. The second-order valence-electron chi connectivity index (χ2n) is 5.82. The molecule has 4 nitrogen and oxygen atoms in total. The van der Waals surface area contributed by atoms with Gasteiger partial charge < -0.3 is 10.6 Å². The van der Waals surface area contributed by atoms with Gasteiger partial charge in [0.05, 0.1) is 0 Å². The number of nitrogens with zero attached hydrogens (tertiary/aromatic N) is 1. The molecule has 1 rings (SSSR count). The van der Waals surface area contributed by atoms with Crippen molar-refractivity contribution < 1.29 is 4.79 Å². The topological polar surface area (TPSA) is 54.0 Å². The molecule has 0 fully saturated rings. The lowest BCUT2D eigenvalue weighted by molar-refractivity contribution is 0.0951. The van der Waals surface area contributed by atoms with Gasteiger partial charge in [-0.1, -0.05) is 27.7 Å². The highest BCUT2D eigenvalue weighted by Gasteiger charge is 2.17. The summed E-state index contributed by atoms with van der Waals surface area (Å²) in [6.45, 7) is 12.4. The zero-order chi connectivity index (χ0) is 15.1. The van der Waals surface area contributed by atoms with Crippen LogP contribution in [0, 0.1) is 17.8 Å². The number of pyridine rings is 1. The number of carbonyl (C=O) groups is 1. The van der Waals surface area contributed by atoms with Crippen molar-refractivity contribution in [2.24, 2.45) is 17.8 Å². The molecule has 0 atom stereocenters. The van der Waals surface area contributed by atoms with Gasteiger partial charge in [0.1, 0.15) is 5.69 Å². The molecule has 0 bridgehead atoms. The lowest BCUT2D eigenvalue weighted by Gasteiger charge is -2.25. The molecule has 1 amide bonds. The van der Waals surface area contributed by atoms with Crippen LogP contribution in [0.15, 0.2) is 18.3 Å². The Kier molecular flexibility index (Phi) is 6.49. The summed E-state index contributed by atoms with van der Waals surface area (Å²) in [4.78, 5) is 15.9. The van der Waals surface area contributed by atoms with E-state index in [0.29, 0.717) is 30.0 Å². The van der Waals surface area contributed by atoms with E-state index in [2.05, 4.69) is 43.3 Å². The van der Waals surface area contributed by atoms with Crippen molar-refractivity contribution >= 4 is 11.6 Å².